The fraction of sp³-hybridized carbons (Fsp3) is 0.500. The second-order valence-corrected chi connectivity index (χ2v) is 13.4. The van der Waals surface area contributed by atoms with Gasteiger partial charge >= 0.3 is 5.97 Å². The molecule has 0 N–H and O–H groups in total. The Labute approximate surface area is 254 Å². The Kier molecular flexibility index (Phi) is 8.96. The molecule has 6 nitrogen and oxygen atoms in total. The zero-order valence-electron chi connectivity index (χ0n) is 26.5. The van der Waals surface area contributed by atoms with Gasteiger partial charge in [-0.3, -0.25) is 9.78 Å². The van der Waals surface area contributed by atoms with Crippen LogP contribution in [0.4, 0.5) is 4.39 Å². The maximum atomic E-state index is 14.1. The van der Waals surface area contributed by atoms with E-state index in [-0.39, 0.29) is 36.3 Å². The largest absolute Gasteiger partial charge is 0.493 e. The Morgan fingerprint density at radius 1 is 1.07 bits per heavy atom. The third-order valence-corrected chi connectivity index (χ3v) is 7.82. The van der Waals surface area contributed by atoms with Gasteiger partial charge in [0.2, 0.25) is 0 Å². The van der Waals surface area contributed by atoms with Crippen LogP contribution in [0.5, 0.6) is 5.75 Å². The molecule has 2 atom stereocenters. The van der Waals surface area contributed by atoms with Crippen LogP contribution in [-0.4, -0.2) is 41.2 Å². The van der Waals surface area contributed by atoms with E-state index in [0.717, 1.165) is 51.4 Å². The van der Waals surface area contributed by atoms with Crippen LogP contribution >= 0.6 is 0 Å². The molecule has 2 aliphatic rings. The minimum absolute atomic E-state index is 0.125. The number of rotatable bonds is 7. The fourth-order valence-corrected chi connectivity index (χ4v) is 6.29. The van der Waals surface area contributed by atoms with Gasteiger partial charge in [0.05, 0.1) is 30.9 Å². The Bertz CT molecular complexity index is 1460. The Hall–Kier alpha value is -3.29. The van der Waals surface area contributed by atoms with E-state index in [9.17, 15) is 9.18 Å². The highest BCUT2D eigenvalue weighted by molar-refractivity contribution is 5.82. The molecular weight excluding hydrogens is 545 g/mol. The van der Waals surface area contributed by atoms with Crippen LogP contribution < -0.4 is 4.74 Å². The van der Waals surface area contributed by atoms with Gasteiger partial charge in [-0.15, -0.1) is 0 Å². The maximum Gasteiger partial charge on any atom is 0.308 e. The summed E-state index contributed by atoms with van der Waals surface area (Å²) in [7, 11) is 0. The Balaban J connectivity index is 1.52. The Morgan fingerprint density at radius 2 is 1.77 bits per heavy atom. The maximum absolute atomic E-state index is 14.1. The van der Waals surface area contributed by atoms with Crippen molar-refractivity contribution in [3.8, 4) is 28.1 Å². The van der Waals surface area contributed by atoms with Crippen molar-refractivity contribution in [1.29, 1.82) is 0 Å². The van der Waals surface area contributed by atoms with E-state index in [0.29, 0.717) is 25.9 Å². The average Bonchev–Trinajstić information content (AvgIpc) is 3.09. The molecule has 0 spiro atoms. The van der Waals surface area contributed by atoms with Gasteiger partial charge in [-0.25, -0.2) is 4.39 Å². The third-order valence-electron chi connectivity index (χ3n) is 7.82. The number of hydrogen-bond acceptors (Lipinski definition) is 6. The summed E-state index contributed by atoms with van der Waals surface area (Å²) in [6, 6.07) is 14.8. The first-order valence-corrected chi connectivity index (χ1v) is 15.4. The first-order valence-electron chi connectivity index (χ1n) is 15.4. The number of halogens is 1. The second kappa shape index (κ2) is 12.4. The molecule has 0 saturated carbocycles. The molecule has 2 aliphatic heterocycles. The molecule has 0 unspecified atom stereocenters. The minimum atomic E-state index is -0.830. The Morgan fingerprint density at radius 3 is 2.47 bits per heavy atom. The molecule has 0 amide bonds. The highest BCUT2D eigenvalue weighted by Crippen LogP contribution is 2.43. The molecular formula is C36H44FNO5. The van der Waals surface area contributed by atoms with E-state index < -0.39 is 11.4 Å². The molecule has 1 fully saturated rings. The van der Waals surface area contributed by atoms with E-state index in [1.165, 1.54) is 12.1 Å². The molecule has 3 heterocycles. The van der Waals surface area contributed by atoms with Crippen molar-refractivity contribution in [3.63, 3.8) is 0 Å². The second-order valence-electron chi connectivity index (χ2n) is 13.4. The predicted molar refractivity (Wildman–Crippen MR) is 166 cm³/mol. The number of nitrogens with zero attached hydrogens (tertiary/aromatic N) is 1. The first kappa shape index (κ1) is 31.1. The average molecular weight is 590 g/mol. The number of ether oxygens (including phenoxy) is 4. The quantitative estimate of drug-likeness (QED) is 0.259. The lowest BCUT2D eigenvalue weighted by Crippen LogP contribution is -2.45. The van der Waals surface area contributed by atoms with Gasteiger partial charge in [0, 0.05) is 24.1 Å². The summed E-state index contributed by atoms with van der Waals surface area (Å²) in [4.78, 5) is 18.0. The molecule has 1 saturated heterocycles. The van der Waals surface area contributed by atoms with Gasteiger partial charge in [-0.05, 0) is 99.9 Å². The van der Waals surface area contributed by atoms with E-state index in [1.807, 2.05) is 65.0 Å². The molecule has 1 aromatic heterocycles. The number of pyridine rings is 1. The standard InChI is InChI=1S/C36H44FNO5/c1-22(2)33-28(17-16-25-20-26(42-36(6,7)41-25)21-31(39)43-35(3,4)5)32(23-12-14-24(37)15-13-23)29-18-19-40-30-11-9-8-10-27(30)34(29)38-33/h8-15,22,25-26H,16-21H2,1-7H3/t25-,26-/m1/s1. The van der Waals surface area contributed by atoms with Crippen molar-refractivity contribution in [2.75, 3.05) is 6.61 Å². The summed E-state index contributed by atoms with van der Waals surface area (Å²) in [6.45, 7) is 14.3. The van der Waals surface area contributed by atoms with Gasteiger partial charge in [0.1, 0.15) is 17.2 Å². The summed E-state index contributed by atoms with van der Waals surface area (Å²) < 4.78 is 38.4. The van der Waals surface area contributed by atoms with Crippen LogP contribution in [0.1, 0.15) is 90.5 Å². The van der Waals surface area contributed by atoms with Gasteiger partial charge in [0.15, 0.2) is 5.79 Å². The van der Waals surface area contributed by atoms with E-state index in [2.05, 4.69) is 19.9 Å². The number of esters is 1. The van der Waals surface area contributed by atoms with Crippen molar-refractivity contribution in [3.05, 3.63) is 71.2 Å². The molecule has 5 rings (SSSR count). The fourth-order valence-electron chi connectivity index (χ4n) is 6.29. The number of hydrogen-bond donors (Lipinski definition) is 0. The lowest BCUT2D eigenvalue weighted by Gasteiger charge is -2.41. The summed E-state index contributed by atoms with van der Waals surface area (Å²) in [5.41, 5.74) is 6.71. The minimum Gasteiger partial charge on any atom is -0.493 e. The normalized spacial score (nSPS) is 19.7. The van der Waals surface area contributed by atoms with Gasteiger partial charge < -0.3 is 18.9 Å². The SMILES string of the molecule is CC(C)c1nc2c(c(-c3ccc(F)cc3)c1CC[C@@H]1C[C@H](CC(=O)OC(C)(C)C)OC(C)(C)O1)CCOc1ccccc1-2. The van der Waals surface area contributed by atoms with Crippen LogP contribution in [0.25, 0.3) is 22.4 Å². The number of fused-ring (bicyclic) bond motifs is 3. The number of carbonyl (C=O) groups is 1. The molecule has 0 radical (unpaired) electrons. The molecule has 43 heavy (non-hydrogen) atoms. The number of carbonyl (C=O) groups excluding carboxylic acids is 1. The summed E-state index contributed by atoms with van der Waals surface area (Å²) in [5, 5.41) is 0. The van der Waals surface area contributed by atoms with Crippen molar-refractivity contribution in [1.82, 2.24) is 4.98 Å². The molecule has 230 valence electrons. The zero-order valence-corrected chi connectivity index (χ0v) is 26.5. The molecule has 7 heteroatoms. The highest BCUT2D eigenvalue weighted by Gasteiger charge is 2.37. The van der Waals surface area contributed by atoms with Crippen LogP contribution in [0.2, 0.25) is 0 Å². The molecule has 0 bridgehead atoms. The van der Waals surface area contributed by atoms with Crippen LogP contribution in [0.3, 0.4) is 0 Å². The van der Waals surface area contributed by atoms with E-state index in [4.69, 9.17) is 23.9 Å². The van der Waals surface area contributed by atoms with Crippen molar-refractivity contribution >= 4 is 5.97 Å². The zero-order chi connectivity index (χ0) is 30.9. The summed E-state index contributed by atoms with van der Waals surface area (Å²) in [6.07, 6.45) is 2.46. The third kappa shape index (κ3) is 7.44. The van der Waals surface area contributed by atoms with Gasteiger partial charge in [-0.2, -0.15) is 0 Å². The summed E-state index contributed by atoms with van der Waals surface area (Å²) in [5.74, 6) is -0.384. The number of aromatic nitrogens is 1. The smallest absolute Gasteiger partial charge is 0.308 e. The number of para-hydroxylation sites is 1. The van der Waals surface area contributed by atoms with Crippen molar-refractivity contribution in [2.24, 2.45) is 0 Å². The van der Waals surface area contributed by atoms with Crippen molar-refractivity contribution in [2.45, 2.75) is 110 Å². The summed E-state index contributed by atoms with van der Waals surface area (Å²) >= 11 is 0. The predicted octanol–water partition coefficient (Wildman–Crippen LogP) is 8.19. The molecule has 0 aliphatic carbocycles. The van der Waals surface area contributed by atoms with Crippen molar-refractivity contribution < 1.29 is 28.1 Å². The van der Waals surface area contributed by atoms with Gasteiger partial charge in [-0.1, -0.05) is 38.1 Å². The van der Waals surface area contributed by atoms with E-state index >= 15 is 0 Å². The van der Waals surface area contributed by atoms with Gasteiger partial charge in [0.25, 0.3) is 0 Å². The molecule has 2 aromatic carbocycles. The monoisotopic (exact) mass is 589 g/mol. The number of benzene rings is 2. The lowest BCUT2D eigenvalue weighted by molar-refractivity contribution is -0.300. The van der Waals surface area contributed by atoms with Crippen LogP contribution in [-0.2, 0) is 31.8 Å². The van der Waals surface area contributed by atoms with Crippen LogP contribution in [0.15, 0.2) is 48.5 Å². The molecule has 3 aromatic rings. The first-order chi connectivity index (χ1) is 20.3. The highest BCUT2D eigenvalue weighted by atomic mass is 19.1. The van der Waals surface area contributed by atoms with E-state index in [1.54, 1.807) is 0 Å². The lowest BCUT2D eigenvalue weighted by atomic mass is 9.84. The van der Waals surface area contributed by atoms with Crippen LogP contribution in [0, 0.1) is 5.82 Å². The topological polar surface area (TPSA) is 66.9 Å².